The van der Waals surface area contributed by atoms with E-state index < -0.39 is 29.1 Å². The third-order valence-electron chi connectivity index (χ3n) is 4.98. The second-order valence-electron chi connectivity index (χ2n) is 7.06. The second kappa shape index (κ2) is 7.45. The zero-order chi connectivity index (χ0) is 22.4. The van der Waals surface area contributed by atoms with Gasteiger partial charge in [-0.05, 0) is 37.3 Å². The number of aromatic nitrogens is 6. The van der Waals surface area contributed by atoms with E-state index in [9.17, 15) is 18.0 Å². The minimum atomic E-state index is -1.13. The van der Waals surface area contributed by atoms with E-state index >= 15 is 0 Å². The molecule has 0 spiro atoms. The smallest absolute Gasteiger partial charge is 0.266 e. The molecule has 32 heavy (non-hydrogen) atoms. The number of H-pyrrole nitrogens is 1. The number of nitrogens with zero attached hydrogens (tertiary/aromatic N) is 5. The van der Waals surface area contributed by atoms with Gasteiger partial charge in [0.25, 0.3) is 5.56 Å². The van der Waals surface area contributed by atoms with E-state index in [2.05, 4.69) is 30.2 Å². The molecule has 2 N–H and O–H groups in total. The van der Waals surface area contributed by atoms with Crippen molar-refractivity contribution in [1.29, 1.82) is 0 Å². The van der Waals surface area contributed by atoms with E-state index in [1.807, 2.05) is 0 Å². The highest BCUT2D eigenvalue weighted by Gasteiger charge is 2.21. The van der Waals surface area contributed by atoms with E-state index in [0.717, 1.165) is 22.8 Å². The number of benzene rings is 2. The maximum atomic E-state index is 14.0. The Morgan fingerprint density at radius 3 is 2.69 bits per heavy atom. The highest BCUT2D eigenvalue weighted by Crippen LogP contribution is 2.24. The Morgan fingerprint density at radius 2 is 1.88 bits per heavy atom. The molecular formula is C21H14F3N7O. The van der Waals surface area contributed by atoms with Crippen LogP contribution in [0.15, 0.2) is 53.8 Å². The van der Waals surface area contributed by atoms with Gasteiger partial charge in [0.2, 0.25) is 0 Å². The number of hydrogen-bond acceptors (Lipinski definition) is 6. The molecule has 11 heteroatoms. The van der Waals surface area contributed by atoms with Gasteiger partial charge in [-0.2, -0.15) is 0 Å². The van der Waals surface area contributed by atoms with Crippen LogP contribution in [0.2, 0.25) is 0 Å². The van der Waals surface area contributed by atoms with E-state index in [0.29, 0.717) is 17.0 Å². The molecule has 0 aliphatic carbocycles. The highest BCUT2D eigenvalue weighted by molar-refractivity contribution is 5.82. The van der Waals surface area contributed by atoms with Crippen molar-refractivity contribution < 1.29 is 13.2 Å². The summed E-state index contributed by atoms with van der Waals surface area (Å²) in [6.45, 7) is 1.72. The van der Waals surface area contributed by atoms with Crippen LogP contribution in [-0.4, -0.2) is 29.5 Å². The minimum absolute atomic E-state index is 0.00223. The summed E-state index contributed by atoms with van der Waals surface area (Å²) >= 11 is 0. The van der Waals surface area contributed by atoms with Crippen molar-refractivity contribution in [1.82, 2.24) is 29.5 Å². The summed E-state index contributed by atoms with van der Waals surface area (Å²) in [4.78, 5) is 33.1. The second-order valence-corrected chi connectivity index (χ2v) is 7.06. The van der Waals surface area contributed by atoms with Crippen LogP contribution in [0.4, 0.5) is 19.0 Å². The molecule has 0 bridgehead atoms. The first-order valence-corrected chi connectivity index (χ1v) is 9.50. The summed E-state index contributed by atoms with van der Waals surface area (Å²) in [5.41, 5.74) is 0.658. The average Bonchev–Trinajstić information content (AvgIpc) is 3.26. The van der Waals surface area contributed by atoms with Crippen molar-refractivity contribution in [2.45, 2.75) is 13.0 Å². The Kier molecular flexibility index (Phi) is 4.58. The highest BCUT2D eigenvalue weighted by atomic mass is 19.2. The van der Waals surface area contributed by atoms with Crippen molar-refractivity contribution in [3.63, 3.8) is 0 Å². The van der Waals surface area contributed by atoms with Gasteiger partial charge in [0.15, 0.2) is 23.1 Å². The molecule has 0 radical (unpaired) electrons. The van der Waals surface area contributed by atoms with Gasteiger partial charge >= 0.3 is 0 Å². The van der Waals surface area contributed by atoms with Gasteiger partial charge in [-0.1, -0.05) is 0 Å². The summed E-state index contributed by atoms with van der Waals surface area (Å²) < 4.78 is 42.4. The van der Waals surface area contributed by atoms with Crippen LogP contribution >= 0.6 is 0 Å². The number of anilines is 1. The van der Waals surface area contributed by atoms with E-state index in [4.69, 9.17) is 0 Å². The van der Waals surface area contributed by atoms with Gasteiger partial charge in [-0.25, -0.2) is 33.1 Å². The molecule has 5 aromatic rings. The van der Waals surface area contributed by atoms with Gasteiger partial charge in [0, 0.05) is 6.07 Å². The van der Waals surface area contributed by atoms with Gasteiger partial charge in [-0.3, -0.25) is 9.36 Å². The number of rotatable bonds is 4. The predicted octanol–water partition coefficient (Wildman–Crippen LogP) is 3.64. The maximum absolute atomic E-state index is 14.0. The Hall–Kier alpha value is -4.28. The van der Waals surface area contributed by atoms with Gasteiger partial charge in [0.05, 0.1) is 29.0 Å². The summed E-state index contributed by atoms with van der Waals surface area (Å²) in [6.07, 6.45) is 2.81. The molecule has 8 nitrogen and oxygen atoms in total. The average molecular weight is 437 g/mol. The molecule has 0 fully saturated rings. The lowest BCUT2D eigenvalue weighted by molar-refractivity contribution is 0.507. The quantitative estimate of drug-likeness (QED) is 0.445. The zero-order valence-electron chi connectivity index (χ0n) is 16.5. The third-order valence-corrected chi connectivity index (χ3v) is 4.98. The zero-order valence-corrected chi connectivity index (χ0v) is 16.5. The van der Waals surface area contributed by atoms with Crippen molar-refractivity contribution in [2.24, 2.45) is 0 Å². The van der Waals surface area contributed by atoms with Gasteiger partial charge in [-0.15, -0.1) is 0 Å². The number of imidazole rings is 1. The first-order valence-electron chi connectivity index (χ1n) is 9.50. The summed E-state index contributed by atoms with van der Waals surface area (Å²) in [7, 11) is 0. The Labute approximate surface area is 177 Å². The fourth-order valence-corrected chi connectivity index (χ4v) is 3.48. The maximum Gasteiger partial charge on any atom is 0.266 e. The standard InChI is InChI=1S/C21H14F3N7O/c1-10(29-19-17-18(26-8-25-17)27-9-28-19)20-30-16-5-2-11(22)6-13(16)21(32)31(20)12-3-4-14(23)15(24)7-12/h2-10H,1H3,(H2,25,26,27,28,29). The Bertz CT molecular complexity index is 1550. The van der Waals surface area contributed by atoms with E-state index in [1.165, 1.54) is 30.9 Å². The van der Waals surface area contributed by atoms with Crippen molar-refractivity contribution >= 4 is 27.9 Å². The number of nitrogens with one attached hydrogen (secondary N) is 2. The Morgan fingerprint density at radius 1 is 1.03 bits per heavy atom. The van der Waals surface area contributed by atoms with Crippen LogP contribution in [0.3, 0.4) is 0 Å². The first-order chi connectivity index (χ1) is 15.4. The molecule has 0 saturated carbocycles. The molecule has 5 rings (SSSR count). The lowest BCUT2D eigenvalue weighted by Gasteiger charge is -2.20. The molecule has 0 saturated heterocycles. The van der Waals surface area contributed by atoms with Crippen molar-refractivity contribution in [3.8, 4) is 5.69 Å². The van der Waals surface area contributed by atoms with Gasteiger partial charge < -0.3 is 10.3 Å². The van der Waals surface area contributed by atoms with Crippen LogP contribution in [0.25, 0.3) is 27.8 Å². The van der Waals surface area contributed by atoms with Crippen LogP contribution in [-0.2, 0) is 0 Å². The minimum Gasteiger partial charge on any atom is -0.358 e. The lowest BCUT2D eigenvalue weighted by Crippen LogP contribution is -2.27. The van der Waals surface area contributed by atoms with Crippen LogP contribution in [0.1, 0.15) is 18.8 Å². The Balaban J connectivity index is 1.71. The number of fused-ring (bicyclic) bond motifs is 2. The molecule has 1 unspecified atom stereocenters. The van der Waals surface area contributed by atoms with Crippen LogP contribution in [0, 0.1) is 17.5 Å². The number of halogens is 3. The molecule has 160 valence electrons. The molecular weight excluding hydrogens is 423 g/mol. The summed E-state index contributed by atoms with van der Waals surface area (Å²) in [5.74, 6) is -2.24. The van der Waals surface area contributed by atoms with E-state index in [1.54, 1.807) is 6.92 Å². The monoisotopic (exact) mass is 437 g/mol. The molecule has 1 atom stereocenters. The fourth-order valence-electron chi connectivity index (χ4n) is 3.48. The largest absolute Gasteiger partial charge is 0.358 e. The summed E-state index contributed by atoms with van der Waals surface area (Å²) in [6, 6.07) is 6.04. The van der Waals surface area contributed by atoms with Crippen molar-refractivity contribution in [2.75, 3.05) is 5.32 Å². The third kappa shape index (κ3) is 3.23. The van der Waals surface area contributed by atoms with Crippen LogP contribution in [0.5, 0.6) is 0 Å². The number of aromatic amines is 1. The number of hydrogen-bond donors (Lipinski definition) is 2. The summed E-state index contributed by atoms with van der Waals surface area (Å²) in [5, 5.41) is 3.13. The van der Waals surface area contributed by atoms with E-state index in [-0.39, 0.29) is 22.4 Å². The van der Waals surface area contributed by atoms with Gasteiger partial charge in [0.1, 0.15) is 23.5 Å². The van der Waals surface area contributed by atoms with Crippen LogP contribution < -0.4 is 10.9 Å². The molecule has 0 aliphatic heterocycles. The molecule has 0 aliphatic rings. The predicted molar refractivity (Wildman–Crippen MR) is 111 cm³/mol. The van der Waals surface area contributed by atoms with Crippen molar-refractivity contribution in [3.05, 3.63) is 82.7 Å². The SMILES string of the molecule is CC(Nc1ncnc2[nH]cnc12)c1nc2ccc(F)cc2c(=O)n1-c1ccc(F)c(F)c1. The fraction of sp³-hybridized carbons (Fsp3) is 0.0952. The molecule has 3 aromatic heterocycles. The normalized spacial score (nSPS) is 12.4. The molecule has 0 amide bonds. The molecule has 2 aromatic carbocycles. The molecule has 3 heterocycles. The lowest BCUT2D eigenvalue weighted by atomic mass is 10.2. The topological polar surface area (TPSA) is 101 Å². The first kappa shape index (κ1) is 19.7.